The normalized spacial score (nSPS) is 10.9. The molecule has 0 fully saturated rings. The highest BCUT2D eigenvalue weighted by molar-refractivity contribution is 6.30. The molecule has 2 heterocycles. The van der Waals surface area contributed by atoms with E-state index in [1.54, 1.807) is 12.1 Å². The Balaban J connectivity index is 2.18. The number of imidazole rings is 1. The van der Waals surface area contributed by atoms with Crippen LogP contribution in [0.4, 0.5) is 13.2 Å². The van der Waals surface area contributed by atoms with Crippen molar-refractivity contribution >= 4 is 17.1 Å². The number of rotatable bonds is 2. The second-order valence-electron chi connectivity index (χ2n) is 4.59. The van der Waals surface area contributed by atoms with Gasteiger partial charge in [-0.15, -0.1) is 0 Å². The second-order valence-corrected chi connectivity index (χ2v) is 5.03. The monoisotopic (exact) mass is 321 g/mol. The van der Waals surface area contributed by atoms with Crippen LogP contribution in [0.5, 0.6) is 0 Å². The molecule has 110 valence electrons. The summed E-state index contributed by atoms with van der Waals surface area (Å²) >= 11 is 5.89. The highest BCUT2D eigenvalue weighted by Crippen LogP contribution is 2.22. The van der Waals surface area contributed by atoms with Gasteiger partial charge in [-0.05, 0) is 24.3 Å². The van der Waals surface area contributed by atoms with Gasteiger partial charge in [0.2, 0.25) is 0 Å². The minimum Gasteiger partial charge on any atom is -0.301 e. The van der Waals surface area contributed by atoms with Crippen molar-refractivity contribution in [1.29, 1.82) is 5.26 Å². The minimum atomic E-state index is -1.27. The van der Waals surface area contributed by atoms with Crippen molar-refractivity contribution in [1.82, 2.24) is 9.38 Å². The Labute approximate surface area is 128 Å². The van der Waals surface area contributed by atoms with Crippen molar-refractivity contribution in [2.45, 2.75) is 6.42 Å². The summed E-state index contributed by atoms with van der Waals surface area (Å²) in [5, 5.41) is 9.44. The van der Waals surface area contributed by atoms with Gasteiger partial charge in [0.25, 0.3) is 0 Å². The molecule has 0 aliphatic rings. The number of hydrogen-bond donors (Lipinski definition) is 0. The summed E-state index contributed by atoms with van der Waals surface area (Å²) in [6.45, 7) is 0. The van der Waals surface area contributed by atoms with E-state index in [1.807, 2.05) is 6.07 Å². The van der Waals surface area contributed by atoms with E-state index in [1.165, 1.54) is 10.6 Å². The zero-order chi connectivity index (χ0) is 15.9. The van der Waals surface area contributed by atoms with E-state index in [0.717, 1.165) is 12.1 Å². The number of nitrogens with zero attached hydrogens (tertiary/aromatic N) is 3. The molecule has 0 spiro atoms. The van der Waals surface area contributed by atoms with Crippen LogP contribution in [0.25, 0.3) is 5.52 Å². The molecule has 0 N–H and O–H groups in total. The topological polar surface area (TPSA) is 41.1 Å². The van der Waals surface area contributed by atoms with Crippen molar-refractivity contribution in [3.63, 3.8) is 0 Å². The van der Waals surface area contributed by atoms with Crippen molar-refractivity contribution in [3.05, 3.63) is 70.0 Å². The van der Waals surface area contributed by atoms with Gasteiger partial charge in [0, 0.05) is 18.2 Å². The molecule has 0 amide bonds. The Hall–Kier alpha value is -2.52. The molecule has 0 bridgehead atoms. The minimum absolute atomic E-state index is 0.101. The standard InChI is InChI=1S/C15H7ClF3N3/c16-8-1-4-13-12(6-20)21-14(22(13)7-8)5-9-10(17)2-3-11(18)15(9)19/h1-4,7H,5H2. The summed E-state index contributed by atoms with van der Waals surface area (Å²) in [5.74, 6) is -3.10. The van der Waals surface area contributed by atoms with E-state index >= 15 is 0 Å². The molecular weight excluding hydrogens is 315 g/mol. The van der Waals surface area contributed by atoms with Gasteiger partial charge in [-0.1, -0.05) is 11.6 Å². The van der Waals surface area contributed by atoms with E-state index < -0.39 is 23.0 Å². The van der Waals surface area contributed by atoms with E-state index in [2.05, 4.69) is 4.98 Å². The van der Waals surface area contributed by atoms with Crippen LogP contribution in [0.15, 0.2) is 30.5 Å². The maximum Gasteiger partial charge on any atom is 0.166 e. The average molecular weight is 322 g/mol. The molecule has 0 saturated heterocycles. The number of halogens is 4. The first-order valence-electron chi connectivity index (χ1n) is 6.20. The molecule has 2 aromatic heterocycles. The first kappa shape index (κ1) is 14.4. The highest BCUT2D eigenvalue weighted by atomic mass is 35.5. The predicted octanol–water partition coefficient (Wildman–Crippen LogP) is 3.87. The number of benzene rings is 1. The Bertz CT molecular complexity index is 928. The first-order valence-corrected chi connectivity index (χ1v) is 6.58. The van der Waals surface area contributed by atoms with Gasteiger partial charge in [0.05, 0.1) is 10.5 Å². The van der Waals surface area contributed by atoms with Gasteiger partial charge in [0.1, 0.15) is 17.7 Å². The predicted molar refractivity (Wildman–Crippen MR) is 74.0 cm³/mol. The molecule has 0 unspecified atom stereocenters. The first-order chi connectivity index (χ1) is 10.5. The van der Waals surface area contributed by atoms with Gasteiger partial charge >= 0.3 is 0 Å². The van der Waals surface area contributed by atoms with Crippen LogP contribution in [-0.4, -0.2) is 9.38 Å². The van der Waals surface area contributed by atoms with E-state index in [0.29, 0.717) is 10.5 Å². The number of pyridine rings is 1. The summed E-state index contributed by atoms with van der Waals surface area (Å²) in [6, 6.07) is 6.62. The molecule has 0 aliphatic carbocycles. The highest BCUT2D eigenvalue weighted by Gasteiger charge is 2.18. The molecular formula is C15H7ClF3N3. The van der Waals surface area contributed by atoms with Gasteiger partial charge < -0.3 is 4.40 Å². The summed E-state index contributed by atoms with van der Waals surface area (Å²) in [6.07, 6.45) is 1.17. The van der Waals surface area contributed by atoms with Crippen molar-refractivity contribution in [2.24, 2.45) is 0 Å². The Kier molecular flexibility index (Phi) is 3.51. The van der Waals surface area contributed by atoms with Gasteiger partial charge in [0.15, 0.2) is 17.3 Å². The Morgan fingerprint density at radius 3 is 2.59 bits per heavy atom. The quantitative estimate of drug-likeness (QED) is 0.672. The fourth-order valence-electron chi connectivity index (χ4n) is 2.22. The third-order valence-electron chi connectivity index (χ3n) is 3.25. The molecule has 0 radical (unpaired) electrons. The van der Waals surface area contributed by atoms with Crippen molar-refractivity contribution in [2.75, 3.05) is 0 Å². The molecule has 3 aromatic rings. The average Bonchev–Trinajstić information content (AvgIpc) is 2.84. The maximum atomic E-state index is 13.8. The summed E-state index contributed by atoms with van der Waals surface area (Å²) < 4.78 is 42.3. The van der Waals surface area contributed by atoms with Crippen LogP contribution in [-0.2, 0) is 6.42 Å². The van der Waals surface area contributed by atoms with Crippen LogP contribution in [0.1, 0.15) is 17.1 Å². The van der Waals surface area contributed by atoms with Gasteiger partial charge in [-0.3, -0.25) is 0 Å². The third-order valence-corrected chi connectivity index (χ3v) is 3.48. The number of aromatic nitrogens is 2. The molecule has 1 aromatic carbocycles. The van der Waals surface area contributed by atoms with Crippen LogP contribution >= 0.6 is 11.6 Å². The van der Waals surface area contributed by atoms with Gasteiger partial charge in [-0.25, -0.2) is 18.2 Å². The van der Waals surface area contributed by atoms with Crippen LogP contribution in [0, 0.1) is 28.8 Å². The summed E-state index contributed by atoms with van der Waals surface area (Å²) in [7, 11) is 0. The largest absolute Gasteiger partial charge is 0.301 e. The lowest BCUT2D eigenvalue weighted by atomic mass is 10.1. The van der Waals surface area contributed by atoms with Crippen LogP contribution in [0.3, 0.4) is 0 Å². The summed E-state index contributed by atoms with van der Waals surface area (Å²) in [4.78, 5) is 4.04. The molecule has 0 atom stereocenters. The zero-order valence-electron chi connectivity index (χ0n) is 10.9. The van der Waals surface area contributed by atoms with E-state index in [4.69, 9.17) is 16.9 Å². The number of hydrogen-bond acceptors (Lipinski definition) is 2. The van der Waals surface area contributed by atoms with E-state index in [-0.39, 0.29) is 17.9 Å². The Morgan fingerprint density at radius 1 is 1.14 bits per heavy atom. The maximum absolute atomic E-state index is 13.8. The second kappa shape index (κ2) is 5.35. The molecule has 0 saturated carbocycles. The van der Waals surface area contributed by atoms with E-state index in [9.17, 15) is 13.2 Å². The van der Waals surface area contributed by atoms with Crippen LogP contribution in [0.2, 0.25) is 5.02 Å². The van der Waals surface area contributed by atoms with Crippen molar-refractivity contribution in [3.8, 4) is 6.07 Å². The SMILES string of the molecule is N#Cc1nc(Cc2c(F)ccc(F)c2F)n2cc(Cl)ccc12. The smallest absolute Gasteiger partial charge is 0.166 e. The number of nitriles is 1. The molecule has 3 rings (SSSR count). The fourth-order valence-corrected chi connectivity index (χ4v) is 2.38. The lowest BCUT2D eigenvalue weighted by molar-refractivity contribution is 0.481. The van der Waals surface area contributed by atoms with Crippen LogP contribution < -0.4 is 0 Å². The molecule has 22 heavy (non-hydrogen) atoms. The van der Waals surface area contributed by atoms with Gasteiger partial charge in [-0.2, -0.15) is 5.26 Å². The number of fused-ring (bicyclic) bond motifs is 1. The zero-order valence-corrected chi connectivity index (χ0v) is 11.7. The molecule has 7 heteroatoms. The Morgan fingerprint density at radius 2 is 1.86 bits per heavy atom. The third kappa shape index (κ3) is 2.30. The lowest BCUT2D eigenvalue weighted by Crippen LogP contribution is -2.03. The molecule has 0 aliphatic heterocycles. The lowest BCUT2D eigenvalue weighted by Gasteiger charge is -2.05. The molecule has 3 nitrogen and oxygen atoms in total. The summed E-state index contributed by atoms with van der Waals surface area (Å²) in [5.41, 5.74) is 0.111. The van der Waals surface area contributed by atoms with Crippen molar-refractivity contribution < 1.29 is 13.2 Å². The fraction of sp³-hybridized carbons (Fsp3) is 0.0667.